The zero-order chi connectivity index (χ0) is 17.6. The van der Waals surface area contributed by atoms with E-state index in [4.69, 9.17) is 20.3 Å². The van der Waals surface area contributed by atoms with Gasteiger partial charge in [0.2, 0.25) is 0 Å². The van der Waals surface area contributed by atoms with E-state index in [1.165, 1.54) is 0 Å². The van der Waals surface area contributed by atoms with E-state index in [1.54, 1.807) is 0 Å². The van der Waals surface area contributed by atoms with Crippen molar-refractivity contribution >= 4 is 24.8 Å². The van der Waals surface area contributed by atoms with Gasteiger partial charge in [-0.1, -0.05) is 0 Å². The Morgan fingerprint density at radius 2 is 2.08 bits per heavy atom. The van der Waals surface area contributed by atoms with Crippen LogP contribution in [0, 0.1) is 6.08 Å². The number of fused-ring (bicyclic) bond motifs is 1. The Morgan fingerprint density at radius 3 is 2.75 bits per heavy atom. The first-order chi connectivity index (χ1) is 11.2. The molecule has 0 aromatic carbocycles. The lowest BCUT2D eigenvalue weighted by atomic mass is 10.1. The molecular weight excluding hydrogens is 352 g/mol. The molecule has 1 aliphatic rings. The minimum absolute atomic E-state index is 0.0663. The molecule has 12 nitrogen and oxygen atoms in total. The van der Waals surface area contributed by atoms with Crippen molar-refractivity contribution in [2.45, 2.75) is 24.5 Å². The number of rotatable bonds is 4. The fourth-order valence-electron chi connectivity index (χ4n) is 2.36. The van der Waals surface area contributed by atoms with E-state index in [2.05, 4.69) is 19.5 Å². The highest BCUT2D eigenvalue weighted by atomic mass is 31.2. The molecule has 0 bridgehead atoms. The first-order valence-electron chi connectivity index (χ1n) is 6.54. The number of aliphatic hydroxyl groups excluding tert-OH is 2. The highest BCUT2D eigenvalue weighted by molar-refractivity contribution is 7.46. The summed E-state index contributed by atoms with van der Waals surface area (Å²) in [7, 11) is -4.78. The molecule has 2 aromatic heterocycles. The Kier molecular flexibility index (Phi) is 4.25. The molecule has 6 N–H and O–H groups in total. The van der Waals surface area contributed by atoms with Gasteiger partial charge >= 0.3 is 13.9 Å². The van der Waals surface area contributed by atoms with Crippen LogP contribution in [0.4, 0.5) is 10.2 Å². The molecule has 1 fully saturated rings. The molecule has 0 aliphatic carbocycles. The van der Waals surface area contributed by atoms with E-state index < -0.39 is 45.0 Å². The first kappa shape index (κ1) is 17.1. The number of hydrogen-bond donors (Lipinski definition) is 5. The van der Waals surface area contributed by atoms with Crippen LogP contribution in [0.1, 0.15) is 6.23 Å². The predicted octanol–water partition coefficient (Wildman–Crippen LogP) is -1.72. The summed E-state index contributed by atoms with van der Waals surface area (Å²) in [4.78, 5) is 28.1. The highest BCUT2D eigenvalue weighted by Gasteiger charge is 2.45. The topological polar surface area (TPSA) is 186 Å². The van der Waals surface area contributed by atoms with Gasteiger partial charge < -0.3 is 30.5 Å². The molecule has 0 radical (unpaired) electrons. The molecule has 0 spiro atoms. The fourth-order valence-corrected chi connectivity index (χ4v) is 2.71. The quantitative estimate of drug-likeness (QED) is 0.306. The number of imidazole rings is 1. The Balaban J connectivity index is 1.89. The van der Waals surface area contributed by atoms with Crippen molar-refractivity contribution < 1.29 is 38.2 Å². The first-order valence-corrected chi connectivity index (χ1v) is 8.07. The third-order valence-corrected chi connectivity index (χ3v) is 3.92. The van der Waals surface area contributed by atoms with Crippen molar-refractivity contribution in [2.24, 2.45) is 0 Å². The summed E-state index contributed by atoms with van der Waals surface area (Å²) in [5, 5.41) is 20.0. The summed E-state index contributed by atoms with van der Waals surface area (Å²) in [5.41, 5.74) is 5.52. The second kappa shape index (κ2) is 5.97. The summed E-state index contributed by atoms with van der Waals surface area (Å²) < 4.78 is 34.8. The van der Waals surface area contributed by atoms with E-state index >= 15 is 0 Å². The van der Waals surface area contributed by atoms with Gasteiger partial charge in [0.05, 0.1) is 12.9 Å². The van der Waals surface area contributed by atoms with Crippen LogP contribution in [0.15, 0.2) is 6.33 Å². The second-order valence-electron chi connectivity index (χ2n) is 5.03. The van der Waals surface area contributed by atoms with Gasteiger partial charge in [0.1, 0.15) is 18.3 Å². The van der Waals surface area contributed by atoms with Gasteiger partial charge in [0.15, 0.2) is 23.2 Å². The van der Waals surface area contributed by atoms with Crippen LogP contribution in [-0.2, 0) is 13.8 Å². The summed E-state index contributed by atoms with van der Waals surface area (Å²) in [6.07, 6.45) is -5.46. The molecule has 0 saturated carbocycles. The smallest absolute Gasteiger partial charge is 0.387 e. The molecule has 14 heteroatoms. The molecular formula is C10H13FN5O7P. The van der Waals surface area contributed by atoms with E-state index in [9.17, 15) is 19.2 Å². The lowest BCUT2D eigenvalue weighted by Gasteiger charge is -2.16. The van der Waals surface area contributed by atoms with Crippen molar-refractivity contribution in [3.8, 4) is 0 Å². The number of phosphoric acid groups is 1. The molecule has 1 saturated heterocycles. The van der Waals surface area contributed by atoms with E-state index in [1.807, 2.05) is 0 Å². The SMILES string of the molecule is Nc1nc(F)nc2c1ncn2[C@H]1O[C@@H](COP(=O)(O)O)[C@H](O)[C@H]1O. The number of anilines is 1. The number of nitrogen functional groups attached to an aromatic ring is 1. The largest absolute Gasteiger partial charge is 0.469 e. The maximum Gasteiger partial charge on any atom is 0.469 e. The Hall–Kier alpha value is -1.73. The summed E-state index contributed by atoms with van der Waals surface area (Å²) >= 11 is 0. The number of hydrogen-bond acceptors (Lipinski definition) is 9. The minimum atomic E-state index is -4.78. The van der Waals surface area contributed by atoms with Crippen molar-refractivity contribution in [3.05, 3.63) is 12.4 Å². The monoisotopic (exact) mass is 365 g/mol. The van der Waals surface area contributed by atoms with Crippen molar-refractivity contribution in [1.82, 2.24) is 19.5 Å². The molecule has 24 heavy (non-hydrogen) atoms. The van der Waals surface area contributed by atoms with Crippen molar-refractivity contribution in [1.29, 1.82) is 0 Å². The van der Waals surface area contributed by atoms with Crippen LogP contribution in [0.25, 0.3) is 11.2 Å². The third-order valence-electron chi connectivity index (χ3n) is 3.44. The van der Waals surface area contributed by atoms with E-state index in [0.29, 0.717) is 0 Å². The highest BCUT2D eigenvalue weighted by Crippen LogP contribution is 2.38. The number of nitrogens with two attached hydrogens (primary N) is 1. The standard InChI is InChI=1S/C10H13FN5O7P/c11-10-14-7(12)4-8(15-10)16(2-13-4)9-6(18)5(17)3(23-9)1-22-24(19,20)21/h2-3,5-6,9,17-18H,1H2,(H2,12,14,15)(H2,19,20,21)/t3-,5-,6+,9-/m0/s1. The molecule has 132 valence electrons. The molecule has 3 heterocycles. The summed E-state index contributed by atoms with van der Waals surface area (Å²) in [6, 6.07) is 0. The number of ether oxygens (including phenoxy) is 1. The zero-order valence-corrected chi connectivity index (χ0v) is 12.7. The van der Waals surface area contributed by atoms with Gasteiger partial charge in [-0.15, -0.1) is 0 Å². The number of nitrogens with zero attached hydrogens (tertiary/aromatic N) is 4. The van der Waals surface area contributed by atoms with Gasteiger partial charge in [0.25, 0.3) is 0 Å². The van der Waals surface area contributed by atoms with Crippen LogP contribution in [0.2, 0.25) is 0 Å². The maximum absolute atomic E-state index is 13.3. The van der Waals surface area contributed by atoms with Gasteiger partial charge in [-0.2, -0.15) is 14.4 Å². The lowest BCUT2D eigenvalue weighted by molar-refractivity contribution is -0.0504. The lowest BCUT2D eigenvalue weighted by Crippen LogP contribution is -2.33. The van der Waals surface area contributed by atoms with Gasteiger partial charge in [0, 0.05) is 0 Å². The Labute approximate surface area is 132 Å². The van der Waals surface area contributed by atoms with E-state index in [-0.39, 0.29) is 17.0 Å². The van der Waals surface area contributed by atoms with Crippen LogP contribution in [0.3, 0.4) is 0 Å². The molecule has 2 aromatic rings. The van der Waals surface area contributed by atoms with Crippen molar-refractivity contribution in [3.63, 3.8) is 0 Å². The molecule has 1 aliphatic heterocycles. The number of phosphoric ester groups is 1. The minimum Gasteiger partial charge on any atom is -0.387 e. The molecule has 4 atom stereocenters. The number of aromatic nitrogens is 4. The maximum atomic E-state index is 13.3. The van der Waals surface area contributed by atoms with E-state index in [0.717, 1.165) is 10.9 Å². The molecule has 3 rings (SSSR count). The normalized spacial score (nSPS) is 27.9. The average molecular weight is 365 g/mol. The van der Waals surface area contributed by atoms with Gasteiger partial charge in [-0.25, -0.2) is 9.55 Å². The average Bonchev–Trinajstić information content (AvgIpc) is 3.00. The Morgan fingerprint density at radius 1 is 1.38 bits per heavy atom. The second-order valence-corrected chi connectivity index (χ2v) is 6.27. The van der Waals surface area contributed by atoms with Crippen LogP contribution < -0.4 is 5.73 Å². The fraction of sp³-hybridized carbons (Fsp3) is 0.500. The van der Waals surface area contributed by atoms with Crippen LogP contribution in [0.5, 0.6) is 0 Å². The van der Waals surface area contributed by atoms with Crippen LogP contribution in [-0.4, -0.2) is 64.4 Å². The summed E-state index contributed by atoms with van der Waals surface area (Å²) in [5.74, 6) is -0.217. The Bertz CT molecular complexity index is 812. The molecule has 0 unspecified atom stereocenters. The van der Waals surface area contributed by atoms with Gasteiger partial charge in [-0.05, 0) is 0 Å². The summed E-state index contributed by atoms with van der Waals surface area (Å²) in [6.45, 7) is -0.670. The van der Waals surface area contributed by atoms with Crippen molar-refractivity contribution in [2.75, 3.05) is 12.3 Å². The molecule has 0 amide bonds. The van der Waals surface area contributed by atoms with Crippen LogP contribution >= 0.6 is 7.82 Å². The number of aliphatic hydroxyl groups is 2. The predicted molar refractivity (Wildman–Crippen MR) is 73.6 cm³/mol. The number of halogens is 1. The third kappa shape index (κ3) is 3.10. The van der Waals surface area contributed by atoms with Gasteiger partial charge in [-0.3, -0.25) is 9.09 Å². The zero-order valence-electron chi connectivity index (χ0n) is 11.8.